The maximum atomic E-state index is 12.7. The minimum absolute atomic E-state index is 0.0280. The topological polar surface area (TPSA) is 126 Å². The highest BCUT2D eigenvalue weighted by Crippen LogP contribution is 2.17. The second-order valence-corrected chi connectivity index (χ2v) is 5.73. The van der Waals surface area contributed by atoms with E-state index in [-0.39, 0.29) is 18.9 Å². The Morgan fingerprint density at radius 1 is 1.28 bits per heavy atom. The van der Waals surface area contributed by atoms with Crippen molar-refractivity contribution in [3.05, 3.63) is 24.3 Å². The molecule has 0 saturated carbocycles. The van der Waals surface area contributed by atoms with Crippen molar-refractivity contribution in [1.29, 1.82) is 0 Å². The van der Waals surface area contributed by atoms with E-state index in [1.807, 2.05) is 13.0 Å². The van der Waals surface area contributed by atoms with Crippen LogP contribution in [0.2, 0.25) is 0 Å². The van der Waals surface area contributed by atoms with Crippen LogP contribution in [0, 0.1) is 5.92 Å². The maximum absolute atomic E-state index is 12.7. The Bertz CT molecular complexity index is 726. The van der Waals surface area contributed by atoms with Crippen LogP contribution in [-0.4, -0.2) is 44.3 Å². The Kier molecular flexibility index (Phi) is 6.72. The van der Waals surface area contributed by atoms with Crippen molar-refractivity contribution in [2.45, 2.75) is 32.6 Å². The molecule has 1 atom stereocenters. The average molecular weight is 346 g/mol. The number of fused-ring (bicyclic) bond motifs is 1. The molecule has 25 heavy (non-hydrogen) atoms. The molecule has 1 aromatic carbocycles. The number of hydroxylamine groups is 2. The fourth-order valence-electron chi connectivity index (χ4n) is 2.47. The molecule has 2 rings (SSSR count). The summed E-state index contributed by atoms with van der Waals surface area (Å²) in [4.78, 5) is 27.6. The molecule has 0 radical (unpaired) electrons. The number of rotatable bonds is 9. The van der Waals surface area contributed by atoms with Crippen molar-refractivity contribution in [3.63, 3.8) is 0 Å². The molecule has 0 unspecified atom stereocenters. The summed E-state index contributed by atoms with van der Waals surface area (Å²) in [5.41, 5.74) is 1.16. The van der Waals surface area contributed by atoms with Gasteiger partial charge in [-0.3, -0.25) is 14.8 Å². The van der Waals surface area contributed by atoms with Crippen molar-refractivity contribution in [2.75, 3.05) is 11.6 Å². The van der Waals surface area contributed by atoms with Crippen LogP contribution in [0.1, 0.15) is 32.6 Å². The molecule has 9 nitrogen and oxygen atoms in total. The van der Waals surface area contributed by atoms with Crippen LogP contribution in [0.3, 0.4) is 0 Å². The summed E-state index contributed by atoms with van der Waals surface area (Å²) >= 11 is 0. The number of nitrogens with zero attached hydrogens (tertiary/aromatic N) is 5. The number of aromatic nitrogens is 3. The fraction of sp³-hybridized carbons (Fsp3) is 0.438. The number of hydrogen-bond donors (Lipinski definition) is 2. The Hall–Kier alpha value is -2.65. The first-order valence-corrected chi connectivity index (χ1v) is 8.15. The van der Waals surface area contributed by atoms with E-state index in [4.69, 9.17) is 5.84 Å². The number of anilines is 1. The van der Waals surface area contributed by atoms with Gasteiger partial charge in [-0.1, -0.05) is 38.3 Å². The van der Waals surface area contributed by atoms with Crippen molar-refractivity contribution in [3.8, 4) is 0 Å². The van der Waals surface area contributed by atoms with Gasteiger partial charge in [-0.05, 0) is 18.6 Å². The van der Waals surface area contributed by atoms with Crippen molar-refractivity contribution >= 4 is 29.3 Å². The normalized spacial score (nSPS) is 12.0. The van der Waals surface area contributed by atoms with E-state index in [1.54, 1.807) is 18.2 Å². The number of nitrogens with two attached hydrogens (primary N) is 1. The van der Waals surface area contributed by atoms with Crippen molar-refractivity contribution in [2.24, 2.45) is 11.8 Å². The first-order valence-electron chi connectivity index (χ1n) is 8.15. The van der Waals surface area contributed by atoms with Crippen LogP contribution in [0.5, 0.6) is 0 Å². The molecule has 0 fully saturated rings. The van der Waals surface area contributed by atoms with Gasteiger partial charge in [-0.25, -0.2) is 20.9 Å². The molecule has 0 bridgehead atoms. The molecule has 0 aliphatic rings. The standard InChI is InChI=1S/C16H22N6O3/c1-2-3-4-7-12(10-21(25)11-23)15(24)22(17)16-18-13-8-5-6-9-14(13)19-20-16/h5-6,8-9,11-12,25H,2-4,7,10,17H2,1H3/t12-/m1/s1. The van der Waals surface area contributed by atoms with E-state index in [0.29, 0.717) is 22.5 Å². The lowest BCUT2D eigenvalue weighted by atomic mass is 10.00. The number of para-hydroxylation sites is 1. The maximum Gasteiger partial charge on any atom is 0.267 e. The minimum atomic E-state index is -0.651. The summed E-state index contributed by atoms with van der Waals surface area (Å²) in [5.74, 6) is 4.73. The van der Waals surface area contributed by atoms with Crippen LogP contribution in [0.25, 0.3) is 11.0 Å². The van der Waals surface area contributed by atoms with Crippen molar-refractivity contribution < 1.29 is 14.8 Å². The van der Waals surface area contributed by atoms with Gasteiger partial charge in [-0.15, -0.1) is 10.2 Å². The second-order valence-electron chi connectivity index (χ2n) is 5.73. The summed E-state index contributed by atoms with van der Waals surface area (Å²) in [5, 5.41) is 18.6. The molecular formula is C16H22N6O3. The minimum Gasteiger partial charge on any atom is -0.286 e. The summed E-state index contributed by atoms with van der Waals surface area (Å²) in [7, 11) is 0. The van der Waals surface area contributed by atoms with E-state index in [0.717, 1.165) is 24.3 Å². The number of carbonyl (C=O) groups excluding carboxylic acids is 2. The van der Waals surface area contributed by atoms with Crippen molar-refractivity contribution in [1.82, 2.24) is 20.2 Å². The molecule has 0 saturated heterocycles. The van der Waals surface area contributed by atoms with Gasteiger partial charge in [0.1, 0.15) is 5.52 Å². The monoisotopic (exact) mass is 346 g/mol. The van der Waals surface area contributed by atoms with Gasteiger partial charge in [0.25, 0.3) is 5.95 Å². The lowest BCUT2D eigenvalue weighted by Crippen LogP contribution is -2.46. The van der Waals surface area contributed by atoms with Crippen LogP contribution in [-0.2, 0) is 9.59 Å². The predicted octanol–water partition coefficient (Wildman–Crippen LogP) is 1.28. The lowest BCUT2D eigenvalue weighted by molar-refractivity contribution is -0.154. The highest BCUT2D eigenvalue weighted by atomic mass is 16.5. The molecule has 134 valence electrons. The molecule has 3 N–H and O–H groups in total. The van der Waals surface area contributed by atoms with Gasteiger partial charge in [0, 0.05) is 0 Å². The number of amides is 2. The van der Waals surface area contributed by atoms with Gasteiger partial charge >= 0.3 is 0 Å². The molecule has 1 aromatic heterocycles. The summed E-state index contributed by atoms with van der Waals surface area (Å²) in [6.07, 6.45) is 3.46. The van der Waals surface area contributed by atoms with Gasteiger partial charge in [0.2, 0.25) is 12.3 Å². The molecule has 0 spiro atoms. The molecular weight excluding hydrogens is 324 g/mol. The quantitative estimate of drug-likeness (QED) is 0.175. The van der Waals surface area contributed by atoms with E-state index in [1.165, 1.54) is 0 Å². The third-order valence-electron chi connectivity index (χ3n) is 3.84. The predicted molar refractivity (Wildman–Crippen MR) is 91.2 cm³/mol. The molecule has 2 amide bonds. The lowest BCUT2D eigenvalue weighted by Gasteiger charge is -2.23. The zero-order valence-electron chi connectivity index (χ0n) is 14.1. The summed E-state index contributed by atoms with van der Waals surface area (Å²) in [6, 6.07) is 7.10. The molecule has 1 heterocycles. The second kappa shape index (κ2) is 9.00. The first kappa shape index (κ1) is 18.7. The first-order chi connectivity index (χ1) is 12.1. The zero-order chi connectivity index (χ0) is 18.2. The third kappa shape index (κ3) is 4.91. The Balaban J connectivity index is 2.17. The van der Waals surface area contributed by atoms with Crippen LogP contribution in [0.15, 0.2) is 24.3 Å². The third-order valence-corrected chi connectivity index (χ3v) is 3.84. The number of hydrazine groups is 1. The van der Waals surface area contributed by atoms with Gasteiger partial charge in [-0.2, -0.15) is 0 Å². The molecule has 9 heteroatoms. The SMILES string of the molecule is CCCCC[C@H](CN(O)C=O)C(=O)N(N)c1nnc2ccccc2n1. The fourth-order valence-corrected chi connectivity index (χ4v) is 2.47. The number of hydrogen-bond acceptors (Lipinski definition) is 7. The highest BCUT2D eigenvalue weighted by Gasteiger charge is 2.27. The Morgan fingerprint density at radius 2 is 2.00 bits per heavy atom. The Morgan fingerprint density at radius 3 is 2.68 bits per heavy atom. The van der Waals surface area contributed by atoms with Gasteiger partial charge < -0.3 is 0 Å². The van der Waals surface area contributed by atoms with Gasteiger partial charge in [0.15, 0.2) is 0 Å². The van der Waals surface area contributed by atoms with Crippen LogP contribution >= 0.6 is 0 Å². The average Bonchev–Trinajstić information content (AvgIpc) is 2.65. The molecule has 0 aliphatic heterocycles. The summed E-state index contributed by atoms with van der Waals surface area (Å²) in [6.45, 7) is 1.91. The summed E-state index contributed by atoms with van der Waals surface area (Å²) < 4.78 is 0. The van der Waals surface area contributed by atoms with E-state index >= 15 is 0 Å². The van der Waals surface area contributed by atoms with E-state index in [2.05, 4.69) is 15.2 Å². The van der Waals surface area contributed by atoms with Crippen LogP contribution in [0.4, 0.5) is 5.95 Å². The van der Waals surface area contributed by atoms with Gasteiger partial charge in [0.05, 0.1) is 18.0 Å². The van der Waals surface area contributed by atoms with E-state index in [9.17, 15) is 14.8 Å². The smallest absolute Gasteiger partial charge is 0.267 e. The molecule has 0 aliphatic carbocycles. The van der Waals surface area contributed by atoms with Crippen LogP contribution < -0.4 is 10.9 Å². The number of unbranched alkanes of at least 4 members (excludes halogenated alkanes) is 2. The number of benzene rings is 1. The van der Waals surface area contributed by atoms with E-state index < -0.39 is 11.8 Å². The molecule has 2 aromatic rings. The highest BCUT2D eigenvalue weighted by molar-refractivity contribution is 5.93. The Labute approximate surface area is 145 Å². The zero-order valence-corrected chi connectivity index (χ0v) is 14.1. The number of carbonyl (C=O) groups is 2. The largest absolute Gasteiger partial charge is 0.286 e.